The Morgan fingerprint density at radius 1 is 1.42 bits per heavy atom. The zero-order valence-electron chi connectivity index (χ0n) is 20.5. The molecule has 1 saturated heterocycles. The number of nitrogens with zero attached hydrogens (tertiary/aromatic N) is 2. The molecule has 4 rings (SSSR count). The molecule has 0 spiro atoms. The summed E-state index contributed by atoms with van der Waals surface area (Å²) >= 11 is 0. The molecule has 0 saturated carbocycles. The molecule has 0 aliphatic carbocycles. The number of benzene rings is 1. The first-order valence-electron chi connectivity index (χ1n) is 12.0. The first kappa shape index (κ1) is 26.6. The van der Waals surface area contributed by atoms with E-state index in [4.69, 9.17) is 24.3 Å². The van der Waals surface area contributed by atoms with Gasteiger partial charge in [-0.15, -0.1) is 0 Å². The molecule has 36 heavy (non-hydrogen) atoms. The maximum Gasteiger partial charge on any atom is 0.459 e. The van der Waals surface area contributed by atoms with Crippen LogP contribution in [0, 0.1) is 5.92 Å². The summed E-state index contributed by atoms with van der Waals surface area (Å²) < 4.78 is 36.2. The first-order valence-corrected chi connectivity index (χ1v) is 13.6. The van der Waals surface area contributed by atoms with Gasteiger partial charge in [-0.05, 0) is 32.4 Å². The SMILES string of the molecule is CCOC(=O)[C@H](C)NP(=O)(OC[C@H]1O[C@@H](C2=CCC3C(N)N=CNN23)C(C)[C@@H]1O)Oc1ccccc1. The van der Waals surface area contributed by atoms with Crippen LogP contribution in [0.4, 0.5) is 0 Å². The van der Waals surface area contributed by atoms with E-state index in [1.54, 1.807) is 43.6 Å². The van der Waals surface area contributed by atoms with Crippen LogP contribution in [0.25, 0.3) is 0 Å². The van der Waals surface area contributed by atoms with Gasteiger partial charge in [-0.2, -0.15) is 5.09 Å². The molecule has 3 aliphatic heterocycles. The Kier molecular flexibility index (Phi) is 8.34. The van der Waals surface area contributed by atoms with Crippen LogP contribution in [0.5, 0.6) is 5.75 Å². The second-order valence-electron chi connectivity index (χ2n) is 8.95. The number of hydrazine groups is 1. The predicted molar refractivity (Wildman–Crippen MR) is 132 cm³/mol. The van der Waals surface area contributed by atoms with Crippen molar-refractivity contribution in [2.75, 3.05) is 13.2 Å². The molecule has 0 amide bonds. The molecule has 198 valence electrons. The van der Waals surface area contributed by atoms with E-state index in [0.29, 0.717) is 12.2 Å². The number of carbonyl (C=O) groups excluding carboxylic acids is 1. The summed E-state index contributed by atoms with van der Waals surface area (Å²) in [5.41, 5.74) is 10.1. The van der Waals surface area contributed by atoms with Crippen LogP contribution in [-0.4, -0.2) is 72.2 Å². The van der Waals surface area contributed by atoms with Gasteiger partial charge in [0.1, 0.15) is 36.5 Å². The second-order valence-corrected chi connectivity index (χ2v) is 10.6. The quantitative estimate of drug-likeness (QED) is 0.259. The summed E-state index contributed by atoms with van der Waals surface area (Å²) in [6.45, 7) is 5.00. The molecule has 5 N–H and O–H groups in total. The summed E-state index contributed by atoms with van der Waals surface area (Å²) in [5, 5.41) is 15.5. The number of para-hydroxylation sites is 1. The van der Waals surface area contributed by atoms with Crippen LogP contribution in [0.1, 0.15) is 27.2 Å². The van der Waals surface area contributed by atoms with E-state index >= 15 is 0 Å². The summed E-state index contributed by atoms with van der Waals surface area (Å²) in [6, 6.07) is 7.47. The van der Waals surface area contributed by atoms with E-state index in [2.05, 4.69) is 15.5 Å². The fourth-order valence-electron chi connectivity index (χ4n) is 4.46. The van der Waals surface area contributed by atoms with Gasteiger partial charge in [0.2, 0.25) is 0 Å². The van der Waals surface area contributed by atoms with E-state index in [1.807, 2.05) is 18.0 Å². The van der Waals surface area contributed by atoms with Crippen molar-refractivity contribution in [1.82, 2.24) is 15.5 Å². The average molecular weight is 524 g/mol. The Morgan fingerprint density at radius 3 is 2.89 bits per heavy atom. The van der Waals surface area contributed by atoms with Gasteiger partial charge in [0.25, 0.3) is 0 Å². The number of aliphatic hydroxyl groups excluding tert-OH is 1. The van der Waals surface area contributed by atoms with Gasteiger partial charge in [-0.1, -0.05) is 31.2 Å². The molecule has 0 bridgehead atoms. The number of hydrogen-bond donors (Lipinski definition) is 4. The number of aliphatic hydroxyl groups is 1. The molecule has 4 unspecified atom stereocenters. The summed E-state index contributed by atoms with van der Waals surface area (Å²) in [4.78, 5) is 16.3. The van der Waals surface area contributed by atoms with Crippen molar-refractivity contribution >= 4 is 20.1 Å². The Labute approximate surface area is 210 Å². The van der Waals surface area contributed by atoms with Crippen molar-refractivity contribution in [3.8, 4) is 5.75 Å². The lowest BCUT2D eigenvalue weighted by atomic mass is 9.96. The molecule has 1 aromatic carbocycles. The first-order chi connectivity index (χ1) is 17.2. The van der Waals surface area contributed by atoms with E-state index < -0.39 is 38.1 Å². The van der Waals surface area contributed by atoms with E-state index in [0.717, 1.165) is 5.70 Å². The number of carbonyl (C=O) groups is 1. The fraction of sp³-hybridized carbons (Fsp3) is 0.565. The predicted octanol–water partition coefficient (Wildman–Crippen LogP) is 1.29. The number of ether oxygens (including phenoxy) is 2. The van der Waals surface area contributed by atoms with Crippen LogP contribution in [0.2, 0.25) is 0 Å². The Bertz CT molecular complexity index is 1030. The molecule has 3 heterocycles. The van der Waals surface area contributed by atoms with Gasteiger partial charge in [0.05, 0.1) is 31.1 Å². The Morgan fingerprint density at radius 2 is 2.17 bits per heavy atom. The number of fused-ring (bicyclic) bond motifs is 1. The normalized spacial score (nSPS) is 31.7. The standard InChI is InChI=1S/C23H34N5O7P/c1-4-32-23(30)15(3)27-36(31,35-16-8-6-5-7-9-16)33-12-19-20(29)14(2)21(34-19)17-10-11-18-22(24)25-13-26-28(17)18/h5-10,13-15,18-22,29H,4,11-12,24H2,1-3H3,(H,25,26)(H,27,31)/t14?,15-,18?,19+,20-,21+,22?,36?/m0/s1. The van der Waals surface area contributed by atoms with Gasteiger partial charge >= 0.3 is 13.7 Å². The molecular weight excluding hydrogens is 489 g/mol. The van der Waals surface area contributed by atoms with Gasteiger partial charge in [-0.25, -0.2) is 4.57 Å². The summed E-state index contributed by atoms with van der Waals surface area (Å²) in [6.07, 6.45) is 1.78. The highest BCUT2D eigenvalue weighted by Crippen LogP contribution is 2.46. The molecular formula is C23H34N5O7P. The van der Waals surface area contributed by atoms with Gasteiger partial charge in [0.15, 0.2) is 0 Å². The van der Waals surface area contributed by atoms with Gasteiger partial charge < -0.3 is 24.8 Å². The van der Waals surface area contributed by atoms with Crippen molar-refractivity contribution in [2.24, 2.45) is 16.6 Å². The average Bonchev–Trinajstić information content (AvgIpc) is 3.40. The van der Waals surface area contributed by atoms with Crippen LogP contribution in [0.15, 0.2) is 47.1 Å². The van der Waals surface area contributed by atoms with Crippen molar-refractivity contribution < 1.29 is 33.0 Å². The topological polar surface area (TPSA) is 157 Å². The molecule has 1 fully saturated rings. The number of rotatable bonds is 10. The number of nitrogens with one attached hydrogen (secondary N) is 2. The van der Waals surface area contributed by atoms with Gasteiger partial charge in [0, 0.05) is 5.92 Å². The lowest BCUT2D eigenvalue weighted by Crippen LogP contribution is -2.54. The lowest BCUT2D eigenvalue weighted by Gasteiger charge is -2.36. The minimum atomic E-state index is -4.06. The van der Waals surface area contributed by atoms with E-state index in [-0.39, 0.29) is 31.3 Å². The summed E-state index contributed by atoms with van der Waals surface area (Å²) in [5.74, 6) is -0.580. The molecule has 3 aliphatic rings. The maximum absolute atomic E-state index is 13.6. The highest BCUT2D eigenvalue weighted by Gasteiger charge is 2.48. The number of nitrogens with two attached hydrogens (primary N) is 1. The molecule has 8 atom stereocenters. The number of esters is 1. The van der Waals surface area contributed by atoms with Crippen LogP contribution in [0.3, 0.4) is 0 Å². The minimum Gasteiger partial charge on any atom is -0.465 e. The second kappa shape index (κ2) is 11.3. The Hall–Kier alpha value is -2.47. The lowest BCUT2D eigenvalue weighted by molar-refractivity contribution is -0.144. The van der Waals surface area contributed by atoms with Crippen LogP contribution < -0.4 is 20.8 Å². The van der Waals surface area contributed by atoms with Crippen LogP contribution in [-0.2, 0) is 23.4 Å². The third-order valence-corrected chi connectivity index (χ3v) is 8.04. The smallest absolute Gasteiger partial charge is 0.459 e. The number of hydrogen-bond acceptors (Lipinski definition) is 11. The van der Waals surface area contributed by atoms with Crippen molar-refractivity contribution in [3.05, 3.63) is 42.1 Å². The van der Waals surface area contributed by atoms with Crippen molar-refractivity contribution in [2.45, 2.75) is 63.8 Å². The zero-order chi connectivity index (χ0) is 25.9. The van der Waals surface area contributed by atoms with E-state index in [1.165, 1.54) is 6.92 Å². The third kappa shape index (κ3) is 5.74. The molecule has 1 aromatic rings. The molecule has 12 nitrogen and oxygen atoms in total. The van der Waals surface area contributed by atoms with Gasteiger partial charge in [-0.3, -0.25) is 24.7 Å². The minimum absolute atomic E-state index is 0.0405. The zero-order valence-corrected chi connectivity index (χ0v) is 21.4. The summed E-state index contributed by atoms with van der Waals surface area (Å²) in [7, 11) is -4.06. The largest absolute Gasteiger partial charge is 0.465 e. The van der Waals surface area contributed by atoms with E-state index in [9.17, 15) is 14.5 Å². The maximum atomic E-state index is 13.6. The Balaban J connectivity index is 1.44. The molecule has 0 radical (unpaired) electrons. The highest BCUT2D eigenvalue weighted by molar-refractivity contribution is 7.52. The fourth-order valence-corrected chi connectivity index (χ4v) is 5.96. The van der Waals surface area contributed by atoms with Crippen molar-refractivity contribution in [3.63, 3.8) is 0 Å². The van der Waals surface area contributed by atoms with Crippen LogP contribution >= 0.6 is 7.75 Å². The third-order valence-electron chi connectivity index (χ3n) is 6.40. The van der Waals surface area contributed by atoms with Crippen molar-refractivity contribution in [1.29, 1.82) is 0 Å². The highest BCUT2D eigenvalue weighted by atomic mass is 31.2. The number of aliphatic imine (C=N–C) groups is 1. The molecule has 13 heteroatoms. The molecule has 0 aromatic heterocycles. The monoisotopic (exact) mass is 523 g/mol.